The highest BCUT2D eigenvalue weighted by Crippen LogP contribution is 2.32. The first-order chi connectivity index (χ1) is 12.3. The van der Waals surface area contributed by atoms with Crippen molar-refractivity contribution in [1.29, 1.82) is 0 Å². The van der Waals surface area contributed by atoms with Gasteiger partial charge in [0, 0.05) is 31.0 Å². The highest BCUT2D eigenvalue weighted by molar-refractivity contribution is 5.94. The lowest BCUT2D eigenvalue weighted by atomic mass is 10.1. The lowest BCUT2D eigenvalue weighted by Crippen LogP contribution is -2.35. The van der Waals surface area contributed by atoms with E-state index in [4.69, 9.17) is 0 Å². The standard InChI is InChI=1S/C19H21F3N2O2/c1-23-12-5-7-16(23)17-6-3-2-4-13-24(17)18(25)14-8-10-15(11-9-14)26-19(20,21)22/h5,7-12,17H,2-4,6,13H2,1H3. The van der Waals surface area contributed by atoms with E-state index < -0.39 is 6.36 Å². The van der Waals surface area contributed by atoms with Crippen molar-refractivity contribution in [2.24, 2.45) is 7.05 Å². The molecule has 1 aromatic carbocycles. The van der Waals surface area contributed by atoms with Gasteiger partial charge in [-0.25, -0.2) is 0 Å². The van der Waals surface area contributed by atoms with Crippen molar-refractivity contribution in [3.05, 3.63) is 53.9 Å². The minimum absolute atomic E-state index is 0.0314. The van der Waals surface area contributed by atoms with Crippen LogP contribution in [0.25, 0.3) is 0 Å². The van der Waals surface area contributed by atoms with Gasteiger partial charge < -0.3 is 14.2 Å². The van der Waals surface area contributed by atoms with E-state index in [2.05, 4.69) is 4.74 Å². The third-order valence-electron chi connectivity index (χ3n) is 4.67. The second-order valence-electron chi connectivity index (χ2n) is 6.48. The fourth-order valence-corrected chi connectivity index (χ4v) is 3.44. The average molecular weight is 366 g/mol. The maximum absolute atomic E-state index is 13.0. The Morgan fingerprint density at radius 3 is 2.46 bits per heavy atom. The van der Waals surface area contributed by atoms with Crippen LogP contribution in [0.5, 0.6) is 5.75 Å². The number of carbonyl (C=O) groups is 1. The fraction of sp³-hybridized carbons (Fsp3) is 0.421. The van der Waals surface area contributed by atoms with Crippen molar-refractivity contribution in [1.82, 2.24) is 9.47 Å². The maximum Gasteiger partial charge on any atom is 0.573 e. The number of aromatic nitrogens is 1. The van der Waals surface area contributed by atoms with Crippen molar-refractivity contribution >= 4 is 5.91 Å². The Kier molecular flexibility index (Phi) is 5.25. The van der Waals surface area contributed by atoms with Crippen LogP contribution in [0.3, 0.4) is 0 Å². The van der Waals surface area contributed by atoms with Crippen LogP contribution in [0.2, 0.25) is 0 Å². The first-order valence-electron chi connectivity index (χ1n) is 8.63. The predicted molar refractivity (Wildman–Crippen MR) is 90.8 cm³/mol. The minimum Gasteiger partial charge on any atom is -0.406 e. The van der Waals surface area contributed by atoms with Gasteiger partial charge in [-0.15, -0.1) is 13.2 Å². The van der Waals surface area contributed by atoms with Crippen LogP contribution in [0.4, 0.5) is 13.2 Å². The molecule has 1 unspecified atom stereocenters. The second kappa shape index (κ2) is 7.43. The summed E-state index contributed by atoms with van der Waals surface area (Å²) in [6, 6.07) is 9.05. The molecule has 26 heavy (non-hydrogen) atoms. The molecule has 3 rings (SSSR count). The van der Waals surface area contributed by atoms with Gasteiger partial charge in [0.25, 0.3) is 5.91 Å². The molecule has 140 valence electrons. The maximum atomic E-state index is 13.0. The summed E-state index contributed by atoms with van der Waals surface area (Å²) in [6.07, 6.45) is 1.10. The summed E-state index contributed by atoms with van der Waals surface area (Å²) < 4.78 is 42.7. The molecule has 1 saturated heterocycles. The van der Waals surface area contributed by atoms with E-state index in [9.17, 15) is 18.0 Å². The largest absolute Gasteiger partial charge is 0.573 e. The summed E-state index contributed by atoms with van der Waals surface area (Å²) in [5, 5.41) is 0. The van der Waals surface area contributed by atoms with E-state index in [1.165, 1.54) is 24.3 Å². The zero-order valence-electron chi connectivity index (χ0n) is 14.5. The lowest BCUT2D eigenvalue weighted by Gasteiger charge is -2.30. The number of hydrogen-bond acceptors (Lipinski definition) is 2. The molecular formula is C19H21F3N2O2. The van der Waals surface area contributed by atoms with E-state index in [0.29, 0.717) is 12.1 Å². The Labute approximate surface area is 150 Å². The number of likely N-dealkylation sites (tertiary alicyclic amines) is 1. The van der Waals surface area contributed by atoms with Crippen molar-refractivity contribution < 1.29 is 22.7 Å². The summed E-state index contributed by atoms with van der Waals surface area (Å²) in [4.78, 5) is 14.9. The molecule has 1 aliphatic rings. The van der Waals surface area contributed by atoms with Crippen LogP contribution in [0.1, 0.15) is 47.8 Å². The first kappa shape index (κ1) is 18.4. The van der Waals surface area contributed by atoms with Crippen molar-refractivity contribution in [2.75, 3.05) is 6.54 Å². The van der Waals surface area contributed by atoms with E-state index >= 15 is 0 Å². The number of benzene rings is 1. The highest BCUT2D eigenvalue weighted by atomic mass is 19.4. The lowest BCUT2D eigenvalue weighted by molar-refractivity contribution is -0.274. The van der Waals surface area contributed by atoms with Crippen LogP contribution in [-0.4, -0.2) is 28.3 Å². The number of halogens is 3. The van der Waals surface area contributed by atoms with E-state index in [-0.39, 0.29) is 17.7 Å². The number of ether oxygens (including phenoxy) is 1. The number of carbonyl (C=O) groups excluding carboxylic acids is 1. The number of aryl methyl sites for hydroxylation is 1. The average Bonchev–Trinajstić information content (AvgIpc) is 2.86. The number of hydrogen-bond donors (Lipinski definition) is 0. The van der Waals surface area contributed by atoms with Crippen LogP contribution in [0, 0.1) is 0 Å². The molecule has 0 aliphatic carbocycles. The molecule has 4 nitrogen and oxygen atoms in total. The third-order valence-corrected chi connectivity index (χ3v) is 4.67. The molecule has 1 atom stereocenters. The smallest absolute Gasteiger partial charge is 0.406 e. The molecule has 0 saturated carbocycles. The van der Waals surface area contributed by atoms with Crippen LogP contribution in [-0.2, 0) is 7.05 Å². The number of alkyl halides is 3. The van der Waals surface area contributed by atoms with E-state index in [1.54, 1.807) is 0 Å². The third kappa shape index (κ3) is 4.20. The summed E-state index contributed by atoms with van der Waals surface area (Å²) in [5.74, 6) is -0.499. The molecular weight excluding hydrogens is 345 g/mol. The van der Waals surface area contributed by atoms with Gasteiger partial charge in [0.15, 0.2) is 0 Å². The fourth-order valence-electron chi connectivity index (χ4n) is 3.44. The van der Waals surface area contributed by atoms with Gasteiger partial charge in [-0.3, -0.25) is 4.79 Å². The SMILES string of the molecule is Cn1cccc1C1CCCCCN1C(=O)c1ccc(OC(F)(F)F)cc1. The van der Waals surface area contributed by atoms with E-state index in [1.807, 2.05) is 34.8 Å². The minimum atomic E-state index is -4.74. The molecule has 2 aromatic rings. The number of nitrogens with zero attached hydrogens (tertiary/aromatic N) is 2. The van der Waals surface area contributed by atoms with E-state index in [0.717, 1.165) is 31.4 Å². The highest BCUT2D eigenvalue weighted by Gasteiger charge is 2.32. The summed E-state index contributed by atoms with van der Waals surface area (Å²) in [6.45, 7) is 0.634. The molecule has 0 bridgehead atoms. The summed E-state index contributed by atoms with van der Waals surface area (Å²) in [5.41, 5.74) is 1.43. The Hall–Kier alpha value is -2.44. The Morgan fingerprint density at radius 1 is 1.12 bits per heavy atom. The molecule has 0 N–H and O–H groups in total. The van der Waals surface area contributed by atoms with Gasteiger partial charge in [0.05, 0.1) is 6.04 Å². The molecule has 1 aliphatic heterocycles. The van der Waals surface area contributed by atoms with Gasteiger partial charge in [0.1, 0.15) is 5.75 Å². The predicted octanol–water partition coefficient (Wildman–Crippen LogP) is 4.68. The van der Waals surface area contributed by atoms with Crippen LogP contribution < -0.4 is 4.74 Å². The van der Waals surface area contributed by atoms with Crippen LogP contribution >= 0.6 is 0 Å². The van der Waals surface area contributed by atoms with Crippen molar-refractivity contribution in [3.8, 4) is 5.75 Å². The molecule has 7 heteroatoms. The summed E-state index contributed by atoms with van der Waals surface area (Å²) >= 11 is 0. The normalized spacial score (nSPS) is 18.5. The Balaban J connectivity index is 1.83. The van der Waals surface area contributed by atoms with Crippen molar-refractivity contribution in [2.45, 2.75) is 38.1 Å². The molecule has 0 spiro atoms. The first-order valence-corrected chi connectivity index (χ1v) is 8.63. The Morgan fingerprint density at radius 2 is 1.85 bits per heavy atom. The molecule has 1 aromatic heterocycles. The van der Waals surface area contributed by atoms with Gasteiger partial charge in [-0.05, 0) is 49.2 Å². The molecule has 2 heterocycles. The van der Waals surface area contributed by atoms with Crippen LogP contribution in [0.15, 0.2) is 42.6 Å². The van der Waals surface area contributed by atoms with Gasteiger partial charge >= 0.3 is 6.36 Å². The summed E-state index contributed by atoms with van der Waals surface area (Å²) in [7, 11) is 1.95. The molecule has 1 fully saturated rings. The van der Waals surface area contributed by atoms with Crippen molar-refractivity contribution in [3.63, 3.8) is 0 Å². The zero-order chi connectivity index (χ0) is 18.7. The molecule has 0 radical (unpaired) electrons. The van der Waals surface area contributed by atoms with Gasteiger partial charge in [-0.2, -0.15) is 0 Å². The monoisotopic (exact) mass is 366 g/mol. The molecule has 1 amide bonds. The van der Waals surface area contributed by atoms with Gasteiger partial charge in [-0.1, -0.05) is 12.8 Å². The number of amides is 1. The zero-order valence-corrected chi connectivity index (χ0v) is 14.5. The number of rotatable bonds is 3. The topological polar surface area (TPSA) is 34.5 Å². The van der Waals surface area contributed by atoms with Gasteiger partial charge in [0.2, 0.25) is 0 Å². The Bertz CT molecular complexity index is 753. The quantitative estimate of drug-likeness (QED) is 0.790. The second-order valence-corrected chi connectivity index (χ2v) is 6.48.